The Hall–Kier alpha value is -6.38. The number of hydrogen-bond donors (Lipinski definition) is 0. The first-order valence-corrected chi connectivity index (χ1v) is 17.7. The van der Waals surface area contributed by atoms with Crippen LogP contribution in [0.1, 0.15) is 25.0 Å². The summed E-state index contributed by atoms with van der Waals surface area (Å²) in [5, 5.41) is 2.30. The molecule has 242 valence electrons. The average molecular weight is 654 g/mol. The van der Waals surface area contributed by atoms with Gasteiger partial charge < -0.3 is 9.64 Å². The summed E-state index contributed by atoms with van der Waals surface area (Å²) < 4.78 is 6.78. The van der Waals surface area contributed by atoms with Gasteiger partial charge in [-0.3, -0.25) is 0 Å². The second-order valence-corrected chi connectivity index (χ2v) is 14.1. The minimum atomic E-state index is -0.163. The van der Waals surface area contributed by atoms with Gasteiger partial charge in [0.15, 0.2) is 0 Å². The maximum Gasteiger partial charge on any atom is 0.136 e. The van der Waals surface area contributed by atoms with Crippen LogP contribution in [0.2, 0.25) is 0 Å². The van der Waals surface area contributed by atoms with E-state index >= 15 is 0 Å². The summed E-state index contributed by atoms with van der Waals surface area (Å²) in [6, 6.07) is 63.4. The van der Waals surface area contributed by atoms with E-state index in [0.717, 1.165) is 44.8 Å². The molecule has 0 saturated carbocycles. The first-order valence-electron chi connectivity index (χ1n) is 17.7. The predicted molar refractivity (Wildman–Crippen MR) is 213 cm³/mol. The lowest BCUT2D eigenvalue weighted by Crippen LogP contribution is -2.20. The number of ether oxygens (including phenoxy) is 1. The van der Waals surface area contributed by atoms with E-state index in [-0.39, 0.29) is 5.41 Å². The van der Waals surface area contributed by atoms with Crippen LogP contribution < -0.4 is 9.64 Å². The molecule has 0 N–H and O–H groups in total. The summed E-state index contributed by atoms with van der Waals surface area (Å²) in [7, 11) is 0. The number of fused-ring (bicyclic) bond motifs is 5. The van der Waals surface area contributed by atoms with Gasteiger partial charge in [0.2, 0.25) is 0 Å². The molecule has 0 spiro atoms. The van der Waals surface area contributed by atoms with Gasteiger partial charge in [0, 0.05) is 27.4 Å². The normalized spacial score (nSPS) is 13.2. The Morgan fingerprint density at radius 2 is 1.06 bits per heavy atom. The Kier molecular flexibility index (Phi) is 6.56. The van der Waals surface area contributed by atoms with Crippen molar-refractivity contribution in [2.24, 2.45) is 0 Å². The van der Waals surface area contributed by atoms with Gasteiger partial charge in [-0.2, -0.15) is 0 Å². The monoisotopic (exact) mass is 653 g/mol. The van der Waals surface area contributed by atoms with Crippen LogP contribution in [0.4, 0.5) is 17.1 Å². The maximum absolute atomic E-state index is 6.78. The molecule has 0 aromatic heterocycles. The highest BCUT2D eigenvalue weighted by Crippen LogP contribution is 2.56. The molecule has 51 heavy (non-hydrogen) atoms. The second kappa shape index (κ2) is 11.3. The first-order chi connectivity index (χ1) is 25.1. The average Bonchev–Trinajstić information content (AvgIpc) is 3.43. The van der Waals surface area contributed by atoms with Crippen molar-refractivity contribution in [2.75, 3.05) is 4.90 Å². The zero-order valence-corrected chi connectivity index (χ0v) is 28.6. The van der Waals surface area contributed by atoms with E-state index in [4.69, 9.17) is 4.74 Å². The topological polar surface area (TPSA) is 12.5 Å². The highest BCUT2D eigenvalue weighted by Gasteiger charge is 2.39. The van der Waals surface area contributed by atoms with Gasteiger partial charge in [-0.1, -0.05) is 147 Å². The van der Waals surface area contributed by atoms with Gasteiger partial charge >= 0.3 is 0 Å². The third-order valence-corrected chi connectivity index (χ3v) is 10.9. The Labute approximate surface area is 298 Å². The number of para-hydroxylation sites is 1. The molecule has 8 aromatic rings. The van der Waals surface area contributed by atoms with Crippen molar-refractivity contribution in [2.45, 2.75) is 19.3 Å². The largest absolute Gasteiger partial charge is 0.456 e. The quantitative estimate of drug-likeness (QED) is 0.183. The SMILES string of the molecule is CC1(C)c2ccccc2-c2cccc(N(c3ccccc3)c3ccc4c5c(cccc35)-c3ccc(-c5ccc(-c6ccccc6)cc5)cc3O4)c21. The minimum Gasteiger partial charge on any atom is -0.456 e. The van der Waals surface area contributed by atoms with Crippen molar-refractivity contribution in [3.05, 3.63) is 187 Å². The van der Waals surface area contributed by atoms with E-state index in [0.29, 0.717) is 0 Å². The number of rotatable bonds is 5. The smallest absolute Gasteiger partial charge is 0.136 e. The molecular weight excluding hydrogens is 619 g/mol. The third-order valence-electron chi connectivity index (χ3n) is 10.9. The van der Waals surface area contributed by atoms with E-state index in [1.807, 2.05) is 0 Å². The van der Waals surface area contributed by atoms with E-state index in [9.17, 15) is 0 Å². The molecule has 1 aliphatic carbocycles. The summed E-state index contributed by atoms with van der Waals surface area (Å²) in [6.07, 6.45) is 0. The van der Waals surface area contributed by atoms with Crippen LogP contribution in [0.25, 0.3) is 55.3 Å². The van der Waals surface area contributed by atoms with Crippen LogP contribution in [0.15, 0.2) is 176 Å². The highest BCUT2D eigenvalue weighted by atomic mass is 16.5. The van der Waals surface area contributed by atoms with Crippen LogP contribution in [-0.2, 0) is 5.41 Å². The Morgan fingerprint density at radius 1 is 0.431 bits per heavy atom. The minimum absolute atomic E-state index is 0.163. The lowest BCUT2D eigenvalue weighted by atomic mass is 9.81. The molecule has 8 aromatic carbocycles. The van der Waals surface area contributed by atoms with Gasteiger partial charge in [-0.15, -0.1) is 0 Å². The number of nitrogens with zero attached hydrogens (tertiary/aromatic N) is 1. The summed E-state index contributed by atoms with van der Waals surface area (Å²) in [5.41, 5.74) is 15.7. The Balaban J connectivity index is 1.11. The summed E-state index contributed by atoms with van der Waals surface area (Å²) >= 11 is 0. The van der Waals surface area contributed by atoms with Crippen molar-refractivity contribution >= 4 is 27.8 Å². The molecule has 2 aliphatic rings. The zero-order chi connectivity index (χ0) is 34.1. The molecule has 10 rings (SSSR count). The van der Waals surface area contributed by atoms with Gasteiger partial charge in [0.1, 0.15) is 11.5 Å². The fourth-order valence-corrected chi connectivity index (χ4v) is 8.47. The molecular formula is C49H35NO. The number of anilines is 3. The molecule has 2 heteroatoms. The van der Waals surface area contributed by atoms with Crippen molar-refractivity contribution in [1.29, 1.82) is 0 Å². The molecule has 0 bridgehead atoms. The lowest BCUT2D eigenvalue weighted by molar-refractivity contribution is 0.487. The molecule has 0 radical (unpaired) electrons. The molecule has 0 unspecified atom stereocenters. The second-order valence-electron chi connectivity index (χ2n) is 14.1. The van der Waals surface area contributed by atoms with Gasteiger partial charge in [-0.05, 0) is 92.5 Å². The van der Waals surface area contributed by atoms with Crippen molar-refractivity contribution in [3.63, 3.8) is 0 Å². The molecule has 0 saturated heterocycles. The molecule has 0 fully saturated rings. The van der Waals surface area contributed by atoms with Gasteiger partial charge in [0.05, 0.1) is 11.4 Å². The van der Waals surface area contributed by atoms with Crippen molar-refractivity contribution in [3.8, 4) is 56.0 Å². The molecule has 1 heterocycles. The van der Waals surface area contributed by atoms with E-state index in [2.05, 4.69) is 195 Å². The zero-order valence-electron chi connectivity index (χ0n) is 28.6. The summed E-state index contributed by atoms with van der Waals surface area (Å²) in [6.45, 7) is 4.72. The maximum atomic E-state index is 6.78. The van der Waals surface area contributed by atoms with Crippen molar-refractivity contribution in [1.82, 2.24) is 0 Å². The van der Waals surface area contributed by atoms with Gasteiger partial charge in [-0.25, -0.2) is 0 Å². The van der Waals surface area contributed by atoms with E-state index in [1.54, 1.807) is 0 Å². The summed E-state index contributed by atoms with van der Waals surface area (Å²) in [5.74, 6) is 1.76. The van der Waals surface area contributed by atoms with Crippen LogP contribution >= 0.6 is 0 Å². The predicted octanol–water partition coefficient (Wildman–Crippen LogP) is 13.7. The van der Waals surface area contributed by atoms with Crippen LogP contribution in [0.5, 0.6) is 11.5 Å². The number of hydrogen-bond acceptors (Lipinski definition) is 2. The Morgan fingerprint density at radius 3 is 1.86 bits per heavy atom. The standard InChI is InChI=1S/C49H35NO/c1-49(2)42-21-10-9-17-37(42)40-19-12-22-44(48(40)49)50(36-15-7-4-8-16-36)43-29-30-45-47-39(18-11-20-41(43)47)38-28-27-35(31-46(38)51-45)34-25-23-33(24-26-34)32-13-5-3-6-14-32/h3-31H,1-2H3. The number of benzene rings is 8. The Bertz CT molecular complexity index is 2620. The summed E-state index contributed by atoms with van der Waals surface area (Å²) in [4.78, 5) is 2.45. The van der Waals surface area contributed by atoms with E-state index < -0.39 is 0 Å². The lowest BCUT2D eigenvalue weighted by Gasteiger charge is -2.33. The third kappa shape index (κ3) is 4.57. The fraction of sp³-hybridized carbons (Fsp3) is 0.0612. The van der Waals surface area contributed by atoms with E-state index in [1.165, 1.54) is 50.2 Å². The fourth-order valence-electron chi connectivity index (χ4n) is 8.47. The van der Waals surface area contributed by atoms with Gasteiger partial charge in [0.25, 0.3) is 0 Å². The van der Waals surface area contributed by atoms with Crippen LogP contribution in [0.3, 0.4) is 0 Å². The first kappa shape index (κ1) is 29.5. The van der Waals surface area contributed by atoms with Crippen LogP contribution in [-0.4, -0.2) is 0 Å². The molecule has 0 atom stereocenters. The van der Waals surface area contributed by atoms with Crippen LogP contribution in [0, 0.1) is 0 Å². The molecule has 0 amide bonds. The highest BCUT2D eigenvalue weighted by molar-refractivity contribution is 6.11. The molecule has 2 nitrogen and oxygen atoms in total. The van der Waals surface area contributed by atoms with Crippen molar-refractivity contribution < 1.29 is 4.74 Å². The molecule has 1 aliphatic heterocycles.